The van der Waals surface area contributed by atoms with E-state index in [1.807, 2.05) is 0 Å². The van der Waals surface area contributed by atoms with Gasteiger partial charge in [-0.2, -0.15) is 9.37 Å². The molecule has 1 heterocycles. The van der Waals surface area contributed by atoms with Gasteiger partial charge in [-0.1, -0.05) is 11.6 Å². The van der Waals surface area contributed by atoms with Gasteiger partial charge in [0.2, 0.25) is 11.8 Å². The van der Waals surface area contributed by atoms with Gasteiger partial charge in [-0.3, -0.25) is 0 Å². The molecular weight excluding hydrogens is 227 g/mol. The summed E-state index contributed by atoms with van der Waals surface area (Å²) in [6.07, 6.45) is -1.17. The van der Waals surface area contributed by atoms with E-state index in [1.54, 1.807) is 0 Å². The Kier molecular flexibility index (Phi) is 3.31. The van der Waals surface area contributed by atoms with Gasteiger partial charge in [-0.25, -0.2) is 4.79 Å². The van der Waals surface area contributed by atoms with Crippen LogP contribution in [0.2, 0.25) is 5.02 Å². The van der Waals surface area contributed by atoms with Gasteiger partial charge in [0.1, 0.15) is 0 Å². The smallest absolute Gasteiger partial charge is 0.344 e. The summed E-state index contributed by atoms with van der Waals surface area (Å²) in [5.41, 5.74) is 5.39. The first-order valence-electron chi connectivity index (χ1n) is 3.92. The Bertz CT molecular complexity index is 400. The summed E-state index contributed by atoms with van der Waals surface area (Å²) in [7, 11) is 0. The molecule has 0 saturated heterocycles. The molecule has 1 rings (SSSR count). The van der Waals surface area contributed by atoms with E-state index in [2.05, 4.69) is 4.98 Å². The molecule has 1 aromatic rings. The van der Waals surface area contributed by atoms with Crippen molar-refractivity contribution in [2.75, 3.05) is 5.73 Å². The largest absolute Gasteiger partial charge is 0.479 e. The first-order chi connectivity index (χ1) is 6.91. The summed E-state index contributed by atoms with van der Waals surface area (Å²) >= 11 is 5.40. The van der Waals surface area contributed by atoms with Gasteiger partial charge in [0.15, 0.2) is 6.10 Å². The maximum absolute atomic E-state index is 12.9. The number of hydrogen-bond donors (Lipinski definition) is 2. The Morgan fingerprint density at radius 1 is 1.80 bits per heavy atom. The van der Waals surface area contributed by atoms with Gasteiger partial charge in [0.05, 0.1) is 10.7 Å². The SMILES string of the molecule is CC(Oc1nc(F)c(Cl)cc1N)C(=O)O. The average Bonchev–Trinajstić information content (AvgIpc) is 2.13. The van der Waals surface area contributed by atoms with Crippen LogP contribution >= 0.6 is 11.6 Å². The molecule has 0 aromatic carbocycles. The van der Waals surface area contributed by atoms with Gasteiger partial charge in [-0.15, -0.1) is 0 Å². The van der Waals surface area contributed by atoms with Crippen molar-refractivity contribution in [3.63, 3.8) is 0 Å². The average molecular weight is 235 g/mol. The standard InChI is InChI=1S/C8H8ClFN2O3/c1-3(8(13)14)15-7-5(11)2-4(9)6(10)12-7/h2-3H,11H2,1H3,(H,13,14). The maximum Gasteiger partial charge on any atom is 0.344 e. The molecule has 0 amide bonds. The Morgan fingerprint density at radius 3 is 2.93 bits per heavy atom. The molecule has 0 aliphatic rings. The molecule has 0 radical (unpaired) electrons. The predicted molar refractivity (Wildman–Crippen MR) is 51.3 cm³/mol. The summed E-state index contributed by atoms with van der Waals surface area (Å²) in [6, 6.07) is 1.10. The van der Waals surface area contributed by atoms with Crippen LogP contribution in [0.1, 0.15) is 6.92 Å². The number of nitrogens with zero attached hydrogens (tertiary/aromatic N) is 1. The van der Waals surface area contributed by atoms with Crippen LogP contribution in [0.4, 0.5) is 10.1 Å². The lowest BCUT2D eigenvalue weighted by Gasteiger charge is -2.11. The minimum Gasteiger partial charge on any atom is -0.479 e. The van der Waals surface area contributed by atoms with Crippen molar-refractivity contribution in [3.8, 4) is 5.88 Å². The van der Waals surface area contributed by atoms with Crippen LogP contribution in [-0.4, -0.2) is 22.2 Å². The molecule has 0 saturated carbocycles. The van der Waals surface area contributed by atoms with Gasteiger partial charge in [0, 0.05) is 0 Å². The monoisotopic (exact) mass is 234 g/mol. The number of nitrogen functional groups attached to an aromatic ring is 1. The Morgan fingerprint density at radius 2 is 2.40 bits per heavy atom. The topological polar surface area (TPSA) is 85.4 Å². The van der Waals surface area contributed by atoms with Crippen molar-refractivity contribution < 1.29 is 19.0 Å². The number of halogens is 2. The number of hydrogen-bond acceptors (Lipinski definition) is 4. The van der Waals surface area contributed by atoms with E-state index in [9.17, 15) is 9.18 Å². The molecule has 0 bridgehead atoms. The molecule has 0 aliphatic heterocycles. The van der Waals surface area contributed by atoms with E-state index < -0.39 is 18.0 Å². The van der Waals surface area contributed by atoms with E-state index in [4.69, 9.17) is 27.2 Å². The number of aromatic nitrogens is 1. The lowest BCUT2D eigenvalue weighted by Crippen LogP contribution is -2.24. The number of carboxylic acids is 1. The normalized spacial score (nSPS) is 12.2. The zero-order valence-corrected chi connectivity index (χ0v) is 8.45. The van der Waals surface area contributed by atoms with Crippen molar-refractivity contribution in [1.82, 2.24) is 4.98 Å². The third-order valence-corrected chi connectivity index (χ3v) is 1.83. The first-order valence-corrected chi connectivity index (χ1v) is 4.30. The summed E-state index contributed by atoms with van der Waals surface area (Å²) < 4.78 is 17.7. The number of carboxylic acid groups (broad SMARTS) is 1. The van der Waals surface area contributed by atoms with Crippen molar-refractivity contribution >= 4 is 23.3 Å². The van der Waals surface area contributed by atoms with Crippen LogP contribution in [0.3, 0.4) is 0 Å². The minimum absolute atomic E-state index is 0.0190. The van der Waals surface area contributed by atoms with Crippen LogP contribution < -0.4 is 10.5 Å². The molecule has 82 valence electrons. The molecule has 0 aliphatic carbocycles. The van der Waals surface area contributed by atoms with Crippen LogP contribution in [-0.2, 0) is 4.79 Å². The van der Waals surface area contributed by atoms with Crippen molar-refractivity contribution in [2.24, 2.45) is 0 Å². The number of anilines is 1. The summed E-state index contributed by atoms with van der Waals surface area (Å²) in [5.74, 6) is -2.45. The first kappa shape index (κ1) is 11.5. The maximum atomic E-state index is 12.9. The van der Waals surface area contributed by atoms with Crippen molar-refractivity contribution in [1.29, 1.82) is 0 Å². The Labute approximate surface area is 89.6 Å². The van der Waals surface area contributed by atoms with Gasteiger partial charge < -0.3 is 15.6 Å². The van der Waals surface area contributed by atoms with E-state index in [1.165, 1.54) is 6.92 Å². The highest BCUT2D eigenvalue weighted by molar-refractivity contribution is 6.30. The summed E-state index contributed by atoms with van der Waals surface area (Å²) in [5, 5.41) is 8.30. The number of aliphatic carboxylic acids is 1. The van der Waals surface area contributed by atoms with E-state index in [-0.39, 0.29) is 16.6 Å². The fourth-order valence-corrected chi connectivity index (χ4v) is 0.937. The predicted octanol–water partition coefficient (Wildman–Crippen LogP) is 1.31. The van der Waals surface area contributed by atoms with Crippen molar-refractivity contribution in [2.45, 2.75) is 13.0 Å². The number of ether oxygens (including phenoxy) is 1. The Hall–Kier alpha value is -1.56. The highest BCUT2D eigenvalue weighted by Gasteiger charge is 2.16. The van der Waals surface area contributed by atoms with Crippen LogP contribution in [0.5, 0.6) is 5.88 Å². The highest BCUT2D eigenvalue weighted by atomic mass is 35.5. The number of pyridine rings is 1. The Balaban J connectivity index is 2.95. The quantitative estimate of drug-likeness (QED) is 0.770. The molecule has 0 fully saturated rings. The molecule has 1 unspecified atom stereocenters. The third-order valence-electron chi connectivity index (χ3n) is 1.56. The molecular formula is C8H8ClFN2O3. The fourth-order valence-electron chi connectivity index (χ4n) is 0.777. The second kappa shape index (κ2) is 4.31. The zero-order chi connectivity index (χ0) is 11.6. The minimum atomic E-state index is -1.20. The molecule has 3 N–H and O–H groups in total. The van der Waals surface area contributed by atoms with Crippen LogP contribution in [0.25, 0.3) is 0 Å². The van der Waals surface area contributed by atoms with E-state index >= 15 is 0 Å². The molecule has 1 atom stereocenters. The van der Waals surface area contributed by atoms with E-state index in [0.29, 0.717) is 0 Å². The molecule has 7 heteroatoms. The van der Waals surface area contributed by atoms with Crippen molar-refractivity contribution in [3.05, 3.63) is 17.0 Å². The summed E-state index contributed by atoms with van der Waals surface area (Å²) in [6.45, 7) is 1.27. The number of nitrogens with two attached hydrogens (primary N) is 1. The van der Waals surface area contributed by atoms with Crippen LogP contribution in [0.15, 0.2) is 6.07 Å². The zero-order valence-electron chi connectivity index (χ0n) is 7.70. The highest BCUT2D eigenvalue weighted by Crippen LogP contribution is 2.25. The third kappa shape index (κ3) is 2.69. The fraction of sp³-hybridized carbons (Fsp3) is 0.250. The van der Waals surface area contributed by atoms with Gasteiger partial charge in [-0.05, 0) is 13.0 Å². The molecule has 15 heavy (non-hydrogen) atoms. The van der Waals surface area contributed by atoms with Gasteiger partial charge >= 0.3 is 5.97 Å². The number of rotatable bonds is 3. The van der Waals surface area contributed by atoms with Gasteiger partial charge in [0.25, 0.3) is 0 Å². The molecule has 5 nitrogen and oxygen atoms in total. The molecule has 1 aromatic heterocycles. The van der Waals surface area contributed by atoms with Crippen LogP contribution in [0, 0.1) is 5.95 Å². The second-order valence-electron chi connectivity index (χ2n) is 2.75. The van der Waals surface area contributed by atoms with E-state index in [0.717, 1.165) is 6.07 Å². The summed E-state index contributed by atoms with van der Waals surface area (Å²) in [4.78, 5) is 13.7. The number of carbonyl (C=O) groups is 1. The lowest BCUT2D eigenvalue weighted by molar-refractivity contribution is -0.144. The lowest BCUT2D eigenvalue weighted by atomic mass is 10.4. The molecule has 0 spiro atoms. The second-order valence-corrected chi connectivity index (χ2v) is 3.16.